The lowest BCUT2D eigenvalue weighted by molar-refractivity contribution is -0.143. The van der Waals surface area contributed by atoms with Gasteiger partial charge in [-0.25, -0.2) is 29.1 Å². The average molecular weight is 885 g/mol. The van der Waals surface area contributed by atoms with E-state index in [-0.39, 0.29) is 12.8 Å². The summed E-state index contributed by atoms with van der Waals surface area (Å²) in [4.78, 5) is 65.4. The van der Waals surface area contributed by atoms with Gasteiger partial charge in [0, 0.05) is 32.4 Å². The van der Waals surface area contributed by atoms with Crippen LogP contribution in [0, 0.1) is 0 Å². The highest BCUT2D eigenvalue weighted by Gasteiger charge is 2.27. The number of amides is 2. The summed E-state index contributed by atoms with van der Waals surface area (Å²) in [5, 5.41) is 5.22. The van der Waals surface area contributed by atoms with Gasteiger partial charge in [-0.3, -0.25) is 0 Å². The van der Waals surface area contributed by atoms with Crippen LogP contribution in [-0.4, -0.2) is 71.6 Å². The number of benzene rings is 2. The van der Waals surface area contributed by atoms with E-state index in [0.29, 0.717) is 34.0 Å². The fraction of sp³-hybridized carbons (Fsp3) is 0.318. The highest BCUT2D eigenvalue weighted by Crippen LogP contribution is 2.43. The van der Waals surface area contributed by atoms with Crippen LogP contribution in [0.15, 0.2) is 81.6 Å². The Labute approximate surface area is 363 Å². The van der Waals surface area contributed by atoms with Gasteiger partial charge in [0.15, 0.2) is 11.2 Å². The van der Waals surface area contributed by atoms with Gasteiger partial charge >= 0.3 is 24.1 Å². The number of hydrogen-bond donors (Lipinski definition) is 2. The lowest BCUT2D eigenvalue weighted by Gasteiger charge is -2.22. The number of carbonyl (C=O) groups is 4. The summed E-state index contributed by atoms with van der Waals surface area (Å²) >= 11 is 4.81. The molecular formula is C44H44N4O10S3. The zero-order valence-electron chi connectivity index (χ0n) is 34.7. The number of ether oxygens (including phenoxy) is 4. The molecule has 17 heteroatoms. The van der Waals surface area contributed by atoms with Crippen molar-refractivity contribution in [1.82, 2.24) is 20.6 Å². The summed E-state index contributed by atoms with van der Waals surface area (Å²) < 4.78 is 32.8. The van der Waals surface area contributed by atoms with Crippen LogP contribution in [-0.2, 0) is 41.4 Å². The molecule has 14 nitrogen and oxygen atoms in total. The Morgan fingerprint density at radius 2 is 0.902 bits per heavy atom. The predicted octanol–water partition coefficient (Wildman–Crippen LogP) is 10.0. The summed E-state index contributed by atoms with van der Waals surface area (Å²) in [6, 6.07) is 21.3. The molecule has 5 aromatic heterocycles. The van der Waals surface area contributed by atoms with Crippen molar-refractivity contribution in [2.45, 2.75) is 77.7 Å². The van der Waals surface area contributed by atoms with Crippen LogP contribution in [0.25, 0.3) is 63.2 Å². The lowest BCUT2D eigenvalue weighted by atomic mass is 10.1. The van der Waals surface area contributed by atoms with Crippen molar-refractivity contribution in [3.05, 3.63) is 83.9 Å². The number of nitrogens with one attached hydrogen (secondary N) is 2. The second-order valence-electron chi connectivity index (χ2n) is 16.0. The van der Waals surface area contributed by atoms with Gasteiger partial charge in [-0.05, 0) is 113 Å². The van der Waals surface area contributed by atoms with Gasteiger partial charge in [0.1, 0.15) is 34.3 Å². The molecule has 0 saturated heterocycles. The number of oxazole rings is 2. The van der Waals surface area contributed by atoms with Crippen molar-refractivity contribution >= 4 is 80.3 Å². The third-order valence-corrected chi connectivity index (χ3v) is 12.5. The summed E-state index contributed by atoms with van der Waals surface area (Å²) in [6.07, 6.45) is -1.07. The van der Waals surface area contributed by atoms with Gasteiger partial charge in [-0.1, -0.05) is 12.1 Å². The fourth-order valence-corrected chi connectivity index (χ4v) is 9.28. The molecule has 2 atom stereocenters. The standard InChI is InChI=1S/C44H44N4O10S3/c1-43(2,3)57-41(51)47-27(39(49)53-7)21-23-9-11-29-25(19-23)45-37(55-29)35-17-15-33(60-35)31-13-14-32(59-31)34-16-18-36(61-34)38-46-26-20-24(10-12-30(26)56-38)22-28(40(50)54-8)48-42(52)58-44(4,5)6/h9-20,27-28H,21-22H2,1-8H3,(H,47,51)(H,48,52)/t27-,28-/m0/s1. The Hall–Kier alpha value is -6.04. The normalized spacial score (nSPS) is 12.9. The van der Waals surface area contributed by atoms with Crippen LogP contribution in [0.2, 0.25) is 0 Å². The number of nitrogens with zero attached hydrogens (tertiary/aromatic N) is 2. The van der Waals surface area contributed by atoms with Crippen molar-refractivity contribution in [3.63, 3.8) is 0 Å². The molecule has 2 aromatic carbocycles. The Morgan fingerprint density at radius 3 is 1.25 bits per heavy atom. The maximum Gasteiger partial charge on any atom is 0.408 e. The molecule has 2 N–H and O–H groups in total. The first-order valence-corrected chi connectivity index (χ1v) is 21.6. The molecule has 0 saturated carbocycles. The van der Waals surface area contributed by atoms with Crippen LogP contribution >= 0.6 is 34.0 Å². The van der Waals surface area contributed by atoms with Crippen molar-refractivity contribution in [1.29, 1.82) is 0 Å². The maximum atomic E-state index is 12.5. The molecule has 5 heterocycles. The number of aromatic nitrogens is 2. The van der Waals surface area contributed by atoms with Gasteiger partial charge in [-0.15, -0.1) is 34.0 Å². The minimum absolute atomic E-state index is 0.174. The summed E-state index contributed by atoms with van der Waals surface area (Å²) in [5.74, 6) is -0.222. The summed E-state index contributed by atoms with van der Waals surface area (Å²) in [7, 11) is 2.54. The van der Waals surface area contributed by atoms with E-state index in [0.717, 1.165) is 40.4 Å². The Balaban J connectivity index is 1.02. The molecule has 0 spiro atoms. The molecule has 318 valence electrons. The molecule has 0 aliphatic carbocycles. The Morgan fingerprint density at radius 1 is 0.557 bits per heavy atom. The van der Waals surface area contributed by atoms with E-state index >= 15 is 0 Å². The van der Waals surface area contributed by atoms with Crippen LogP contribution in [0.1, 0.15) is 52.7 Å². The minimum Gasteiger partial charge on any atom is -0.467 e. The van der Waals surface area contributed by atoms with Crippen LogP contribution in [0.4, 0.5) is 9.59 Å². The SMILES string of the molecule is COC(=O)[C@H](Cc1ccc2oc(-c3ccc(-c4ccc(-c5ccc(-c6nc7cc(C[C@H](NC(=O)OC(C)(C)C)C(=O)OC)ccc7o6)s5)s4)s3)nc2c1)NC(=O)OC(C)(C)C. The number of alkyl carbamates (subject to hydrolysis) is 2. The first kappa shape index (κ1) is 43.1. The fourth-order valence-electron chi connectivity index (χ4n) is 6.23. The molecule has 0 aliphatic heterocycles. The third-order valence-electron chi connectivity index (χ3n) is 8.86. The molecule has 0 radical (unpaired) electrons. The molecule has 0 fully saturated rings. The third kappa shape index (κ3) is 10.6. The quantitative estimate of drug-likeness (QED) is 0.0877. The monoisotopic (exact) mass is 884 g/mol. The zero-order valence-corrected chi connectivity index (χ0v) is 37.1. The van der Waals surface area contributed by atoms with Gasteiger partial charge in [0.25, 0.3) is 0 Å². The minimum atomic E-state index is -0.950. The number of carbonyl (C=O) groups excluding carboxylic acids is 4. The number of esters is 2. The predicted molar refractivity (Wildman–Crippen MR) is 235 cm³/mol. The molecular weight excluding hydrogens is 841 g/mol. The number of hydrogen-bond acceptors (Lipinski definition) is 15. The van der Waals surface area contributed by atoms with Crippen molar-refractivity contribution in [2.24, 2.45) is 0 Å². The molecule has 61 heavy (non-hydrogen) atoms. The van der Waals surface area contributed by atoms with Crippen molar-refractivity contribution in [2.75, 3.05) is 14.2 Å². The Bertz CT molecular complexity index is 2540. The smallest absolute Gasteiger partial charge is 0.408 e. The second-order valence-corrected chi connectivity index (χ2v) is 19.2. The average Bonchev–Trinajstić information content (AvgIpc) is 4.03. The Kier molecular flexibility index (Phi) is 12.4. The van der Waals surface area contributed by atoms with E-state index in [1.807, 2.05) is 48.5 Å². The van der Waals surface area contributed by atoms with E-state index in [2.05, 4.69) is 22.8 Å². The summed E-state index contributed by atoms with van der Waals surface area (Å²) in [6.45, 7) is 10.5. The number of rotatable bonds is 12. The van der Waals surface area contributed by atoms with Crippen LogP contribution < -0.4 is 10.6 Å². The van der Waals surface area contributed by atoms with E-state index in [1.165, 1.54) is 14.2 Å². The molecule has 0 unspecified atom stereocenters. The molecule has 0 bridgehead atoms. The maximum absolute atomic E-state index is 12.5. The van der Waals surface area contributed by atoms with Crippen LogP contribution in [0.3, 0.4) is 0 Å². The molecule has 2 amide bonds. The van der Waals surface area contributed by atoms with Crippen LogP contribution in [0.5, 0.6) is 0 Å². The highest BCUT2D eigenvalue weighted by molar-refractivity contribution is 7.27. The van der Waals surface area contributed by atoms with E-state index < -0.39 is 47.4 Å². The van der Waals surface area contributed by atoms with E-state index in [4.69, 9.17) is 37.7 Å². The largest absolute Gasteiger partial charge is 0.467 e. The topological polar surface area (TPSA) is 181 Å². The first-order chi connectivity index (χ1) is 28.9. The summed E-state index contributed by atoms with van der Waals surface area (Å²) in [5.41, 5.74) is 2.50. The molecule has 0 aliphatic rings. The number of fused-ring (bicyclic) bond motifs is 2. The van der Waals surface area contributed by atoms with Gasteiger partial charge in [0.05, 0.1) is 24.0 Å². The molecule has 7 aromatic rings. The lowest BCUT2D eigenvalue weighted by Crippen LogP contribution is -2.45. The van der Waals surface area contributed by atoms with Gasteiger partial charge in [-0.2, -0.15) is 0 Å². The molecule has 7 rings (SSSR count). The van der Waals surface area contributed by atoms with Gasteiger partial charge in [0.2, 0.25) is 11.8 Å². The second kappa shape index (κ2) is 17.5. The van der Waals surface area contributed by atoms with E-state index in [1.54, 1.807) is 87.7 Å². The van der Waals surface area contributed by atoms with E-state index in [9.17, 15) is 19.2 Å². The van der Waals surface area contributed by atoms with Crippen molar-refractivity contribution in [3.8, 4) is 41.0 Å². The number of methoxy groups -OCH3 is 2. The number of thiophene rings is 3. The van der Waals surface area contributed by atoms with Gasteiger partial charge < -0.3 is 38.4 Å². The first-order valence-electron chi connectivity index (χ1n) is 19.2. The highest BCUT2D eigenvalue weighted by atomic mass is 32.1. The zero-order chi connectivity index (χ0) is 43.6. The van der Waals surface area contributed by atoms with Crippen molar-refractivity contribution < 1.29 is 47.0 Å².